The second-order valence-electron chi connectivity index (χ2n) is 8.06. The summed E-state index contributed by atoms with van der Waals surface area (Å²) in [7, 11) is 0. The summed E-state index contributed by atoms with van der Waals surface area (Å²) in [6.07, 6.45) is 7.48. The molecule has 0 radical (unpaired) electrons. The molecule has 1 nitrogen and oxygen atoms in total. The molecule has 29 heavy (non-hydrogen) atoms. The van der Waals surface area contributed by atoms with Gasteiger partial charge in [0.25, 0.3) is 0 Å². The fourth-order valence-electron chi connectivity index (χ4n) is 4.20. The van der Waals surface area contributed by atoms with E-state index in [4.69, 9.17) is 4.74 Å². The summed E-state index contributed by atoms with van der Waals surface area (Å²) < 4.78 is 48.2. The molecule has 1 fully saturated rings. The molecule has 156 valence electrons. The predicted octanol–water partition coefficient (Wildman–Crippen LogP) is 7.27. The van der Waals surface area contributed by atoms with Gasteiger partial charge in [-0.05, 0) is 92.5 Å². The maximum Gasteiger partial charge on any atom is 0.200 e. The van der Waals surface area contributed by atoms with Crippen molar-refractivity contribution in [2.75, 3.05) is 6.61 Å². The topological polar surface area (TPSA) is 9.23 Å². The van der Waals surface area contributed by atoms with Crippen LogP contribution in [0.3, 0.4) is 0 Å². The Labute approximate surface area is 171 Å². The highest BCUT2D eigenvalue weighted by Crippen LogP contribution is 2.40. The first-order valence-corrected chi connectivity index (χ1v) is 10.5. The number of hydrogen-bond donors (Lipinski definition) is 0. The third kappa shape index (κ3) is 5.43. The molecule has 0 N–H and O–H groups in total. The van der Waals surface area contributed by atoms with Crippen molar-refractivity contribution >= 4 is 0 Å². The number of halogens is 3. The monoisotopic (exact) mass is 402 g/mol. The summed E-state index contributed by atoms with van der Waals surface area (Å²) in [5, 5.41) is 0. The Morgan fingerprint density at radius 2 is 1.79 bits per heavy atom. The summed E-state index contributed by atoms with van der Waals surface area (Å²) in [6, 6.07) is 8.58. The molecule has 2 aromatic rings. The summed E-state index contributed by atoms with van der Waals surface area (Å²) in [6.45, 7) is 5.75. The van der Waals surface area contributed by atoms with Crippen molar-refractivity contribution < 1.29 is 17.9 Å². The molecule has 0 amide bonds. The standard InChI is InChI=1S/C25H29F3O/c1-3-4-15-29-23-14-13-21(24(27)25(23)28)19-10-6-18(7-11-19)8-12-20-9-5-17(2)16-22(20)26/h3,5,9,13-14,16,18-19H,1,4,6-8,10-12,15H2,2H3. The summed E-state index contributed by atoms with van der Waals surface area (Å²) in [4.78, 5) is 0. The van der Waals surface area contributed by atoms with Crippen LogP contribution in [0.4, 0.5) is 13.2 Å². The molecule has 0 aliphatic heterocycles. The highest BCUT2D eigenvalue weighted by molar-refractivity contribution is 5.33. The SMILES string of the molecule is C=CCCOc1ccc(C2CCC(CCc3ccc(C)cc3F)CC2)c(F)c1F. The number of rotatable bonds is 8. The van der Waals surface area contributed by atoms with Crippen LogP contribution in [-0.2, 0) is 6.42 Å². The first-order valence-electron chi connectivity index (χ1n) is 10.5. The smallest absolute Gasteiger partial charge is 0.200 e. The Morgan fingerprint density at radius 1 is 1.03 bits per heavy atom. The maximum atomic E-state index is 14.6. The fraction of sp³-hybridized carbons (Fsp3) is 0.440. The Kier molecular flexibility index (Phi) is 7.40. The number of hydrogen-bond acceptors (Lipinski definition) is 1. The lowest BCUT2D eigenvalue weighted by Crippen LogP contribution is -2.16. The molecule has 0 bridgehead atoms. The lowest BCUT2D eigenvalue weighted by Gasteiger charge is -2.29. The van der Waals surface area contributed by atoms with Crippen LogP contribution in [0.5, 0.6) is 5.75 Å². The normalized spacial score (nSPS) is 19.2. The lowest BCUT2D eigenvalue weighted by atomic mass is 9.76. The zero-order chi connectivity index (χ0) is 20.8. The van der Waals surface area contributed by atoms with Gasteiger partial charge < -0.3 is 4.74 Å². The van der Waals surface area contributed by atoms with Gasteiger partial charge in [-0.1, -0.05) is 24.3 Å². The Bertz CT molecular complexity index is 838. The molecule has 1 aliphatic rings. The number of ether oxygens (including phenoxy) is 1. The minimum Gasteiger partial charge on any atom is -0.490 e. The predicted molar refractivity (Wildman–Crippen MR) is 111 cm³/mol. The van der Waals surface area contributed by atoms with Crippen molar-refractivity contribution in [2.45, 2.75) is 57.8 Å². The van der Waals surface area contributed by atoms with E-state index in [-0.39, 0.29) is 24.1 Å². The lowest BCUT2D eigenvalue weighted by molar-refractivity contribution is 0.291. The summed E-state index contributed by atoms with van der Waals surface area (Å²) in [5.41, 5.74) is 2.14. The van der Waals surface area contributed by atoms with Crippen LogP contribution in [0.1, 0.15) is 61.1 Å². The Morgan fingerprint density at radius 3 is 2.48 bits per heavy atom. The van der Waals surface area contributed by atoms with Crippen LogP contribution in [0, 0.1) is 30.3 Å². The van der Waals surface area contributed by atoms with Crippen molar-refractivity contribution in [2.24, 2.45) is 5.92 Å². The molecule has 0 heterocycles. The molecule has 0 aromatic heterocycles. The van der Waals surface area contributed by atoms with Gasteiger partial charge >= 0.3 is 0 Å². The molecule has 1 saturated carbocycles. The average Bonchev–Trinajstić information content (AvgIpc) is 2.71. The van der Waals surface area contributed by atoms with E-state index >= 15 is 0 Å². The quantitative estimate of drug-likeness (QED) is 0.333. The first-order chi connectivity index (χ1) is 14.0. The van der Waals surface area contributed by atoms with Crippen LogP contribution >= 0.6 is 0 Å². The molecule has 4 heteroatoms. The zero-order valence-electron chi connectivity index (χ0n) is 17.0. The molecule has 3 rings (SSSR count). The van der Waals surface area contributed by atoms with Gasteiger partial charge in [-0.25, -0.2) is 8.78 Å². The van der Waals surface area contributed by atoms with Gasteiger partial charge in [0.2, 0.25) is 5.82 Å². The van der Waals surface area contributed by atoms with E-state index in [0.29, 0.717) is 17.9 Å². The second kappa shape index (κ2) is 10.00. The molecule has 1 aliphatic carbocycles. The molecular formula is C25H29F3O. The van der Waals surface area contributed by atoms with Gasteiger partial charge in [-0.15, -0.1) is 6.58 Å². The van der Waals surface area contributed by atoms with Crippen molar-refractivity contribution in [3.05, 3.63) is 77.1 Å². The van der Waals surface area contributed by atoms with Gasteiger partial charge in [0.15, 0.2) is 11.6 Å². The molecule has 0 saturated heterocycles. The fourth-order valence-corrected chi connectivity index (χ4v) is 4.20. The van der Waals surface area contributed by atoms with Crippen molar-refractivity contribution in [3.63, 3.8) is 0 Å². The van der Waals surface area contributed by atoms with E-state index in [0.717, 1.165) is 49.7 Å². The largest absolute Gasteiger partial charge is 0.490 e. The number of benzene rings is 2. The molecule has 0 unspecified atom stereocenters. The van der Waals surface area contributed by atoms with Crippen LogP contribution in [0.15, 0.2) is 43.0 Å². The van der Waals surface area contributed by atoms with Crippen molar-refractivity contribution in [3.8, 4) is 5.75 Å². The summed E-state index contributed by atoms with van der Waals surface area (Å²) in [5.74, 6) is -1.33. The highest BCUT2D eigenvalue weighted by Gasteiger charge is 2.26. The van der Waals surface area contributed by atoms with E-state index < -0.39 is 11.6 Å². The zero-order valence-corrected chi connectivity index (χ0v) is 17.0. The molecule has 0 atom stereocenters. The molecule has 2 aromatic carbocycles. The highest BCUT2D eigenvalue weighted by atomic mass is 19.2. The maximum absolute atomic E-state index is 14.6. The van der Waals surface area contributed by atoms with Crippen LogP contribution < -0.4 is 4.74 Å². The van der Waals surface area contributed by atoms with Crippen molar-refractivity contribution in [1.29, 1.82) is 0 Å². The van der Waals surface area contributed by atoms with Gasteiger partial charge in [-0.2, -0.15) is 4.39 Å². The van der Waals surface area contributed by atoms with Crippen molar-refractivity contribution in [1.82, 2.24) is 0 Å². The molecule has 0 spiro atoms. The Hall–Kier alpha value is -2.23. The van der Waals surface area contributed by atoms with E-state index in [9.17, 15) is 13.2 Å². The third-order valence-electron chi connectivity index (χ3n) is 5.97. The van der Waals surface area contributed by atoms with Crippen LogP contribution in [0.25, 0.3) is 0 Å². The van der Waals surface area contributed by atoms with Gasteiger partial charge in [0.1, 0.15) is 5.82 Å². The Balaban J connectivity index is 1.54. The minimum absolute atomic E-state index is 0.0269. The van der Waals surface area contributed by atoms with Crippen LogP contribution in [-0.4, -0.2) is 6.61 Å². The average molecular weight is 403 g/mol. The minimum atomic E-state index is -0.900. The molecular weight excluding hydrogens is 373 g/mol. The van der Waals surface area contributed by atoms with Gasteiger partial charge in [0, 0.05) is 0 Å². The third-order valence-corrected chi connectivity index (χ3v) is 5.97. The summed E-state index contributed by atoms with van der Waals surface area (Å²) >= 11 is 0. The van der Waals surface area contributed by atoms with E-state index in [1.165, 1.54) is 6.07 Å². The van der Waals surface area contributed by atoms with E-state index in [1.807, 2.05) is 19.1 Å². The number of aryl methyl sites for hydroxylation is 2. The van der Waals surface area contributed by atoms with E-state index in [1.54, 1.807) is 18.2 Å². The van der Waals surface area contributed by atoms with E-state index in [2.05, 4.69) is 6.58 Å². The van der Waals surface area contributed by atoms with Gasteiger partial charge in [-0.3, -0.25) is 0 Å². The first kappa shape index (κ1) is 21.5. The van der Waals surface area contributed by atoms with Gasteiger partial charge in [0.05, 0.1) is 6.61 Å². The second-order valence-corrected chi connectivity index (χ2v) is 8.06. The van der Waals surface area contributed by atoms with Crippen LogP contribution in [0.2, 0.25) is 0 Å².